The number of rotatable bonds is 7. The lowest BCUT2D eigenvalue weighted by atomic mass is 10.0. The Labute approximate surface area is 249 Å². The number of anilines is 3. The third kappa shape index (κ3) is 6.12. The predicted molar refractivity (Wildman–Crippen MR) is 164 cm³/mol. The number of para-hydroxylation sites is 1. The number of carbonyl (C=O) groups excluding carboxylic acids is 1. The molecule has 0 atom stereocenters. The molecule has 0 spiro atoms. The molecular weight excluding hydrogens is 575 g/mol. The Bertz CT molecular complexity index is 1900. The van der Waals surface area contributed by atoms with E-state index in [1.165, 1.54) is 29.8 Å². The Morgan fingerprint density at radius 3 is 2.86 bits per heavy atom. The Kier molecular flexibility index (Phi) is 7.85. The van der Waals surface area contributed by atoms with Crippen LogP contribution in [0.3, 0.4) is 0 Å². The first kappa shape index (κ1) is 27.1. The van der Waals surface area contributed by atoms with E-state index in [2.05, 4.69) is 43.3 Å². The minimum Gasteiger partial charge on any atom is -0.487 e. The van der Waals surface area contributed by atoms with E-state index in [4.69, 9.17) is 16.3 Å². The van der Waals surface area contributed by atoms with E-state index in [9.17, 15) is 9.18 Å². The highest BCUT2D eigenvalue weighted by atomic mass is 35.5. The lowest BCUT2D eigenvalue weighted by Crippen LogP contribution is -2.29. The van der Waals surface area contributed by atoms with Gasteiger partial charge in [0.25, 0.3) is 5.91 Å². The molecule has 3 aromatic carbocycles. The highest BCUT2D eigenvalue weighted by Crippen LogP contribution is 2.33. The molecule has 0 saturated carbocycles. The molecule has 11 heteroatoms. The third-order valence-electron chi connectivity index (χ3n) is 6.24. The van der Waals surface area contributed by atoms with Gasteiger partial charge in [-0.15, -0.1) is 11.3 Å². The summed E-state index contributed by atoms with van der Waals surface area (Å²) in [5.74, 6) is 6.66. The van der Waals surface area contributed by atoms with Crippen molar-refractivity contribution in [2.24, 2.45) is 0 Å². The Balaban J connectivity index is 1.10. The average Bonchev–Trinajstić information content (AvgIpc) is 3.43. The molecule has 3 heterocycles. The molecule has 6 rings (SSSR count). The number of aromatic nitrogens is 2. The second-order valence-electron chi connectivity index (χ2n) is 9.10. The summed E-state index contributed by atoms with van der Waals surface area (Å²) in [5.41, 5.74) is 9.51. The van der Waals surface area contributed by atoms with Crippen molar-refractivity contribution in [1.82, 2.24) is 20.7 Å². The molecule has 208 valence electrons. The van der Waals surface area contributed by atoms with Gasteiger partial charge in [0.1, 0.15) is 35.1 Å². The van der Waals surface area contributed by atoms with Gasteiger partial charge in [-0.2, -0.15) is 0 Å². The molecule has 0 bridgehead atoms. The van der Waals surface area contributed by atoms with Crippen LogP contribution >= 0.6 is 22.9 Å². The van der Waals surface area contributed by atoms with Gasteiger partial charge in [-0.3, -0.25) is 4.79 Å². The number of carbonyl (C=O) groups is 1. The molecule has 0 unspecified atom stereocenters. The number of hydrazine groups is 1. The van der Waals surface area contributed by atoms with E-state index in [1.807, 2.05) is 36.4 Å². The van der Waals surface area contributed by atoms with Crippen molar-refractivity contribution < 1.29 is 13.9 Å². The van der Waals surface area contributed by atoms with Crippen LogP contribution in [0.2, 0.25) is 5.02 Å². The van der Waals surface area contributed by atoms with Gasteiger partial charge in [0.2, 0.25) is 0 Å². The summed E-state index contributed by atoms with van der Waals surface area (Å²) in [4.78, 5) is 23.0. The van der Waals surface area contributed by atoms with Crippen LogP contribution in [0.25, 0.3) is 15.8 Å². The highest BCUT2D eigenvalue weighted by molar-refractivity contribution is 7.19. The average molecular weight is 597 g/mol. The smallest absolute Gasteiger partial charge is 0.254 e. The van der Waals surface area contributed by atoms with Crippen molar-refractivity contribution in [3.8, 4) is 17.6 Å². The molecule has 4 N–H and O–H groups in total. The fraction of sp³-hybridized carbons (Fsp3) is 0.0645. The van der Waals surface area contributed by atoms with Crippen molar-refractivity contribution in [2.45, 2.75) is 6.61 Å². The summed E-state index contributed by atoms with van der Waals surface area (Å²) in [6.45, 7) is 0.378. The molecular formula is C31H22ClFN6O2S. The number of hydrogen-bond donors (Lipinski definition) is 4. The summed E-state index contributed by atoms with van der Waals surface area (Å²) >= 11 is 7.89. The monoisotopic (exact) mass is 596 g/mol. The van der Waals surface area contributed by atoms with Crippen LogP contribution in [-0.4, -0.2) is 22.4 Å². The number of thiophene rings is 1. The van der Waals surface area contributed by atoms with Crippen LogP contribution in [0, 0.1) is 17.7 Å². The van der Waals surface area contributed by atoms with Gasteiger partial charge in [0.15, 0.2) is 0 Å². The summed E-state index contributed by atoms with van der Waals surface area (Å²) in [7, 11) is 0. The molecule has 2 aromatic heterocycles. The summed E-state index contributed by atoms with van der Waals surface area (Å²) in [5, 5.41) is 7.34. The van der Waals surface area contributed by atoms with Gasteiger partial charge < -0.3 is 26.2 Å². The summed E-state index contributed by atoms with van der Waals surface area (Å²) < 4.78 is 19.2. The van der Waals surface area contributed by atoms with Gasteiger partial charge in [-0.25, -0.2) is 14.4 Å². The van der Waals surface area contributed by atoms with Crippen molar-refractivity contribution in [3.05, 3.63) is 112 Å². The topological polar surface area (TPSA) is 100 Å². The molecule has 8 nitrogen and oxygen atoms in total. The van der Waals surface area contributed by atoms with E-state index in [-0.39, 0.29) is 24.9 Å². The molecule has 5 aromatic rings. The number of ether oxygens (including phenoxy) is 1. The van der Waals surface area contributed by atoms with Crippen LogP contribution in [-0.2, 0) is 11.4 Å². The lowest BCUT2D eigenvalue weighted by molar-refractivity contribution is -0.115. The van der Waals surface area contributed by atoms with Crippen LogP contribution in [0.4, 0.5) is 21.6 Å². The normalized spacial score (nSPS) is 11.7. The van der Waals surface area contributed by atoms with Gasteiger partial charge in [-0.05, 0) is 48.0 Å². The predicted octanol–water partition coefficient (Wildman–Crippen LogP) is 6.25. The number of benzene rings is 3. The molecule has 0 fully saturated rings. The van der Waals surface area contributed by atoms with Crippen LogP contribution in [0.15, 0.2) is 85.3 Å². The minimum atomic E-state index is -0.318. The van der Waals surface area contributed by atoms with E-state index in [1.54, 1.807) is 30.5 Å². The largest absolute Gasteiger partial charge is 0.487 e. The van der Waals surface area contributed by atoms with Gasteiger partial charge in [0.05, 0.1) is 33.1 Å². The Morgan fingerprint density at radius 1 is 1.07 bits per heavy atom. The summed E-state index contributed by atoms with van der Waals surface area (Å²) in [6, 6.07) is 21.0. The SMILES string of the molecule is O=C(NCC#Cc1cc2c(Nc3ccc(OCc4cccc(F)c4)c(Cl)c3)ncnc2s1)C1=CNNc2ccccc21. The van der Waals surface area contributed by atoms with Gasteiger partial charge in [0, 0.05) is 17.5 Å². The zero-order valence-electron chi connectivity index (χ0n) is 21.9. The number of amides is 1. The van der Waals surface area contributed by atoms with E-state index < -0.39 is 0 Å². The number of nitrogens with zero attached hydrogens (tertiary/aromatic N) is 2. The first-order valence-corrected chi connectivity index (χ1v) is 14.0. The lowest BCUT2D eigenvalue weighted by Gasteiger charge is -2.19. The Morgan fingerprint density at radius 2 is 1.98 bits per heavy atom. The van der Waals surface area contributed by atoms with E-state index in [0.29, 0.717) is 33.4 Å². The van der Waals surface area contributed by atoms with Crippen molar-refractivity contribution >= 4 is 61.8 Å². The van der Waals surface area contributed by atoms with E-state index >= 15 is 0 Å². The zero-order chi connectivity index (χ0) is 28.9. The van der Waals surface area contributed by atoms with Crippen molar-refractivity contribution in [2.75, 3.05) is 17.3 Å². The second kappa shape index (κ2) is 12.2. The van der Waals surface area contributed by atoms with Gasteiger partial charge in [-0.1, -0.05) is 53.8 Å². The molecule has 0 aliphatic carbocycles. The molecule has 1 amide bonds. The third-order valence-corrected chi connectivity index (χ3v) is 7.50. The number of fused-ring (bicyclic) bond motifs is 2. The molecule has 0 radical (unpaired) electrons. The quantitative estimate of drug-likeness (QED) is 0.165. The first-order valence-electron chi connectivity index (χ1n) is 12.8. The fourth-order valence-electron chi connectivity index (χ4n) is 4.27. The maximum Gasteiger partial charge on any atom is 0.254 e. The first-order chi connectivity index (χ1) is 20.5. The van der Waals surface area contributed by atoms with Crippen molar-refractivity contribution in [3.63, 3.8) is 0 Å². The van der Waals surface area contributed by atoms with Crippen LogP contribution in [0.5, 0.6) is 5.75 Å². The molecule has 1 aliphatic rings. The maximum atomic E-state index is 13.4. The van der Waals surface area contributed by atoms with E-state index in [0.717, 1.165) is 26.3 Å². The highest BCUT2D eigenvalue weighted by Gasteiger charge is 2.17. The standard InChI is InChI=1S/C31H22ClFN6O2S/c32-26-14-21(10-11-28(26)41-17-19-5-3-6-20(33)13-19)38-29-24-15-22(42-31(24)36-18-35-29)7-4-12-34-30(40)25-16-37-39-27-9-2-1-8-23(25)27/h1-3,5-6,8-11,13-16,18,37,39H,12,17H2,(H,34,40)(H,35,36,38). The van der Waals surface area contributed by atoms with Crippen molar-refractivity contribution in [1.29, 1.82) is 0 Å². The summed E-state index contributed by atoms with van der Waals surface area (Å²) in [6.07, 6.45) is 3.11. The van der Waals surface area contributed by atoms with Crippen LogP contribution in [0.1, 0.15) is 16.0 Å². The maximum absolute atomic E-state index is 13.4. The molecule has 42 heavy (non-hydrogen) atoms. The van der Waals surface area contributed by atoms with Crippen LogP contribution < -0.4 is 26.2 Å². The second-order valence-corrected chi connectivity index (χ2v) is 10.5. The number of nitrogens with one attached hydrogen (secondary N) is 4. The number of hydrogen-bond acceptors (Lipinski definition) is 8. The Hall–Kier alpha value is -5.11. The van der Waals surface area contributed by atoms with Gasteiger partial charge >= 0.3 is 0 Å². The minimum absolute atomic E-state index is 0.183. The fourth-order valence-corrected chi connectivity index (χ4v) is 5.38. The zero-order valence-corrected chi connectivity index (χ0v) is 23.4. The number of halogens is 2. The molecule has 1 aliphatic heterocycles. The molecule has 0 saturated heterocycles.